The zero-order chi connectivity index (χ0) is 19.4. The molecule has 0 bridgehead atoms. The van der Waals surface area contributed by atoms with Crippen LogP contribution in [0.25, 0.3) is 22.4 Å². The summed E-state index contributed by atoms with van der Waals surface area (Å²) in [4.78, 5) is 12.3. The number of nitrogens with zero attached hydrogens (tertiary/aromatic N) is 2. The van der Waals surface area contributed by atoms with Gasteiger partial charge in [-0.3, -0.25) is 0 Å². The molecular formula is C21H20ClN3O4. The van der Waals surface area contributed by atoms with Gasteiger partial charge in [0, 0.05) is 12.2 Å². The lowest BCUT2D eigenvalue weighted by Gasteiger charge is -2.15. The Hall–Kier alpha value is -2.35. The molecule has 3 aliphatic rings. The van der Waals surface area contributed by atoms with E-state index >= 15 is 0 Å². The first kappa shape index (κ1) is 17.5. The number of fused-ring (bicyclic) bond motifs is 2. The van der Waals surface area contributed by atoms with E-state index in [2.05, 4.69) is 15.0 Å². The summed E-state index contributed by atoms with van der Waals surface area (Å²) in [6, 6.07) is 10.1. The second kappa shape index (κ2) is 6.86. The highest BCUT2D eigenvalue weighted by atomic mass is 35.5. The van der Waals surface area contributed by atoms with Crippen molar-refractivity contribution in [3.63, 3.8) is 0 Å². The molecule has 8 heteroatoms. The molecule has 2 aromatic heterocycles. The van der Waals surface area contributed by atoms with E-state index in [4.69, 9.17) is 30.5 Å². The van der Waals surface area contributed by atoms with Crippen molar-refractivity contribution in [3.8, 4) is 23.0 Å². The molecule has 0 spiro atoms. The minimum Gasteiger partial charge on any atom is -0.490 e. The van der Waals surface area contributed by atoms with Crippen LogP contribution in [0.3, 0.4) is 0 Å². The number of rotatable bonds is 5. The maximum Gasteiger partial charge on any atom is 0.296 e. The van der Waals surface area contributed by atoms with Crippen molar-refractivity contribution in [2.24, 2.45) is 0 Å². The number of pyridine rings is 1. The summed E-state index contributed by atoms with van der Waals surface area (Å²) in [5.41, 5.74) is 2.88. The molecule has 0 unspecified atom stereocenters. The van der Waals surface area contributed by atoms with Crippen LogP contribution in [-0.4, -0.2) is 52.6 Å². The monoisotopic (exact) mass is 413 g/mol. The molecule has 1 N–H and O–H groups in total. The summed E-state index contributed by atoms with van der Waals surface area (Å²) in [7, 11) is 0. The fourth-order valence-corrected chi connectivity index (χ4v) is 4.16. The molecule has 6 rings (SSSR count). The largest absolute Gasteiger partial charge is 0.490 e. The van der Waals surface area contributed by atoms with Crippen molar-refractivity contribution >= 4 is 22.8 Å². The first-order valence-corrected chi connectivity index (χ1v) is 10.3. The Morgan fingerprint density at radius 3 is 2.72 bits per heavy atom. The third kappa shape index (κ3) is 3.33. The van der Waals surface area contributed by atoms with Gasteiger partial charge < -0.3 is 23.9 Å². The smallest absolute Gasteiger partial charge is 0.296 e. The zero-order valence-corrected chi connectivity index (χ0v) is 16.4. The zero-order valence-electron chi connectivity index (χ0n) is 15.6. The number of benzene rings is 1. The van der Waals surface area contributed by atoms with Crippen LogP contribution in [0.1, 0.15) is 19.3 Å². The number of H-pyrrole nitrogens is 1. The van der Waals surface area contributed by atoms with E-state index < -0.39 is 0 Å². The van der Waals surface area contributed by atoms with Gasteiger partial charge in [-0.2, -0.15) is 4.98 Å². The van der Waals surface area contributed by atoms with Gasteiger partial charge in [0.15, 0.2) is 11.8 Å². The minimum absolute atomic E-state index is 0.0355. The van der Waals surface area contributed by atoms with Crippen LogP contribution in [0.2, 0.25) is 5.02 Å². The van der Waals surface area contributed by atoms with Crippen LogP contribution in [0, 0.1) is 0 Å². The average molecular weight is 414 g/mol. The van der Waals surface area contributed by atoms with Gasteiger partial charge in [-0.05, 0) is 49.6 Å². The molecule has 2 aliphatic heterocycles. The Kier molecular flexibility index (Phi) is 4.14. The maximum atomic E-state index is 6.50. The molecule has 2 saturated heterocycles. The van der Waals surface area contributed by atoms with Gasteiger partial charge in [0.05, 0.1) is 35.0 Å². The molecule has 1 aromatic carbocycles. The standard InChI is InChI=1S/C21H20ClN3O4/c22-14-9-15-20(24-18(14)11-1-3-12(4-2-11)28-13-5-6-13)25-21(23-15)29-17-10-27-16-7-8-26-19(16)17/h1-4,9,13,16-17,19H,5-8,10H2,(H,23,24,25)/t16-,17-,19+/m1/s1. The van der Waals surface area contributed by atoms with Crippen LogP contribution in [0.5, 0.6) is 11.8 Å². The number of hydrogen-bond acceptors (Lipinski definition) is 6. The van der Waals surface area contributed by atoms with E-state index in [-0.39, 0.29) is 18.3 Å². The van der Waals surface area contributed by atoms with Gasteiger partial charge in [0.1, 0.15) is 11.9 Å². The molecular weight excluding hydrogens is 394 g/mol. The Labute approximate surface area is 172 Å². The van der Waals surface area contributed by atoms with Gasteiger partial charge in [-0.15, -0.1) is 0 Å². The predicted molar refractivity (Wildman–Crippen MR) is 106 cm³/mol. The highest BCUT2D eigenvalue weighted by Crippen LogP contribution is 2.33. The van der Waals surface area contributed by atoms with Crippen LogP contribution in [0.15, 0.2) is 30.3 Å². The van der Waals surface area contributed by atoms with Gasteiger partial charge in [0.25, 0.3) is 6.01 Å². The quantitative estimate of drug-likeness (QED) is 0.686. The first-order chi connectivity index (χ1) is 14.2. The summed E-state index contributed by atoms with van der Waals surface area (Å²) in [5, 5.41) is 0.548. The molecule has 3 fully saturated rings. The van der Waals surface area contributed by atoms with Crippen molar-refractivity contribution < 1.29 is 18.9 Å². The van der Waals surface area contributed by atoms with Gasteiger partial charge in [-0.1, -0.05) is 11.6 Å². The molecule has 29 heavy (non-hydrogen) atoms. The number of aromatic amines is 1. The molecule has 1 aliphatic carbocycles. The second-order valence-electron chi connectivity index (χ2n) is 7.73. The number of nitrogens with one attached hydrogen (secondary N) is 1. The number of ether oxygens (including phenoxy) is 4. The SMILES string of the molecule is Clc1cc2[nH]c(O[C@@H]3CO[C@@H]4CCO[C@@H]43)nc2nc1-c1ccc(OC2CC2)cc1. The fraction of sp³-hybridized carbons (Fsp3) is 0.429. The third-order valence-corrected chi connectivity index (χ3v) is 5.83. The molecule has 7 nitrogen and oxygen atoms in total. The summed E-state index contributed by atoms with van der Waals surface area (Å²) in [5.74, 6) is 0.870. The highest BCUT2D eigenvalue weighted by Gasteiger charge is 2.43. The Bertz CT molecular complexity index is 1050. The topological polar surface area (TPSA) is 78.5 Å². The number of halogens is 1. The fourth-order valence-electron chi connectivity index (χ4n) is 3.90. The van der Waals surface area contributed by atoms with Crippen molar-refractivity contribution in [3.05, 3.63) is 35.4 Å². The van der Waals surface area contributed by atoms with Crippen LogP contribution in [0.4, 0.5) is 0 Å². The normalized spacial score (nSPS) is 26.0. The molecule has 3 aromatic rings. The van der Waals surface area contributed by atoms with Crippen LogP contribution in [-0.2, 0) is 9.47 Å². The van der Waals surface area contributed by atoms with Crippen LogP contribution >= 0.6 is 11.6 Å². The number of imidazole rings is 1. The highest BCUT2D eigenvalue weighted by molar-refractivity contribution is 6.33. The van der Waals surface area contributed by atoms with Crippen molar-refractivity contribution in [2.75, 3.05) is 13.2 Å². The number of hydrogen-bond donors (Lipinski definition) is 1. The van der Waals surface area contributed by atoms with E-state index in [1.54, 1.807) is 0 Å². The van der Waals surface area contributed by atoms with Crippen molar-refractivity contribution in [2.45, 2.75) is 43.7 Å². The van der Waals surface area contributed by atoms with E-state index in [9.17, 15) is 0 Å². The minimum atomic E-state index is -0.169. The molecule has 1 saturated carbocycles. The van der Waals surface area contributed by atoms with Crippen molar-refractivity contribution in [1.29, 1.82) is 0 Å². The molecule has 4 heterocycles. The molecule has 0 amide bonds. The van der Waals surface area contributed by atoms with Crippen molar-refractivity contribution in [1.82, 2.24) is 15.0 Å². The molecule has 150 valence electrons. The third-order valence-electron chi connectivity index (χ3n) is 5.54. The Balaban J connectivity index is 1.25. The Morgan fingerprint density at radius 2 is 1.90 bits per heavy atom. The van der Waals surface area contributed by atoms with E-state index in [0.29, 0.717) is 41.7 Å². The molecule has 0 radical (unpaired) electrons. The molecule has 3 atom stereocenters. The van der Waals surface area contributed by atoms with E-state index in [1.807, 2.05) is 30.3 Å². The summed E-state index contributed by atoms with van der Waals surface area (Å²) in [6.45, 7) is 1.21. The average Bonchev–Trinajstić information content (AvgIpc) is 3.11. The van der Waals surface area contributed by atoms with Gasteiger partial charge in [0.2, 0.25) is 0 Å². The summed E-state index contributed by atoms with van der Waals surface area (Å²) in [6.07, 6.45) is 3.47. The van der Waals surface area contributed by atoms with E-state index in [0.717, 1.165) is 36.1 Å². The summed E-state index contributed by atoms with van der Waals surface area (Å²) >= 11 is 6.50. The predicted octanol–water partition coefficient (Wildman–Crippen LogP) is 3.75. The van der Waals surface area contributed by atoms with Gasteiger partial charge in [-0.25, -0.2) is 4.98 Å². The van der Waals surface area contributed by atoms with Gasteiger partial charge >= 0.3 is 0 Å². The maximum absolute atomic E-state index is 6.50. The summed E-state index contributed by atoms with van der Waals surface area (Å²) < 4.78 is 23.3. The Morgan fingerprint density at radius 1 is 1.03 bits per heavy atom. The number of aromatic nitrogens is 3. The first-order valence-electron chi connectivity index (χ1n) is 9.96. The lowest BCUT2D eigenvalue weighted by atomic mass is 10.1. The second-order valence-corrected chi connectivity index (χ2v) is 8.13. The van der Waals surface area contributed by atoms with E-state index in [1.165, 1.54) is 0 Å². The lowest BCUT2D eigenvalue weighted by Crippen LogP contribution is -2.32. The van der Waals surface area contributed by atoms with Crippen LogP contribution < -0.4 is 9.47 Å². The lowest BCUT2D eigenvalue weighted by molar-refractivity contribution is 0.0273.